The number of alkyl halides is 3. The summed E-state index contributed by atoms with van der Waals surface area (Å²) in [4.78, 5) is 35.8. The molecule has 2 rings (SSSR count). The van der Waals surface area contributed by atoms with E-state index in [-0.39, 0.29) is 23.6 Å². The number of carbonyl (C=O) groups excluding carboxylic acids is 3. The van der Waals surface area contributed by atoms with Gasteiger partial charge in [-0.2, -0.15) is 13.2 Å². The van der Waals surface area contributed by atoms with Crippen LogP contribution in [0.5, 0.6) is 0 Å². The fraction of sp³-hybridized carbons (Fsp3) is 0.286. The van der Waals surface area contributed by atoms with Gasteiger partial charge in [-0.3, -0.25) is 14.4 Å². The number of hydrogen-bond donors (Lipinski definition) is 2. The van der Waals surface area contributed by atoms with Gasteiger partial charge < -0.3 is 15.4 Å². The molecule has 0 saturated heterocycles. The van der Waals surface area contributed by atoms with E-state index in [0.29, 0.717) is 11.8 Å². The van der Waals surface area contributed by atoms with Crippen molar-refractivity contribution in [3.63, 3.8) is 0 Å². The van der Waals surface area contributed by atoms with Crippen LogP contribution in [0.15, 0.2) is 34.8 Å². The second-order valence-corrected chi connectivity index (χ2v) is 8.13. The smallest absolute Gasteiger partial charge is 0.416 e. The molecule has 2 aromatic carbocycles. The second-order valence-electron chi connectivity index (χ2n) is 6.87. The van der Waals surface area contributed by atoms with E-state index in [1.807, 2.05) is 13.0 Å². The van der Waals surface area contributed by atoms with Crippen LogP contribution < -0.4 is 10.6 Å². The summed E-state index contributed by atoms with van der Waals surface area (Å²) in [5.74, 6) is -2.09. The molecule has 0 radical (unpaired) electrons. The van der Waals surface area contributed by atoms with Gasteiger partial charge in [0.15, 0.2) is 6.61 Å². The van der Waals surface area contributed by atoms with Crippen LogP contribution in [0.1, 0.15) is 29.5 Å². The largest absolute Gasteiger partial charge is 0.456 e. The molecule has 0 fully saturated rings. The van der Waals surface area contributed by atoms with Crippen molar-refractivity contribution in [1.82, 2.24) is 0 Å². The SMILES string of the molecule is Cc1cc(NC(=O)COC(=O)CCC(=O)Nc2cc(C(F)(F)F)ccc2Cl)c(C)cc1Br. The van der Waals surface area contributed by atoms with Crippen LogP contribution in [0, 0.1) is 13.8 Å². The van der Waals surface area contributed by atoms with Crippen molar-refractivity contribution in [1.29, 1.82) is 0 Å². The number of aryl methyl sites for hydroxylation is 2. The van der Waals surface area contributed by atoms with Crippen LogP contribution in [0.3, 0.4) is 0 Å². The predicted molar refractivity (Wildman–Crippen MR) is 118 cm³/mol. The monoisotopic (exact) mass is 534 g/mol. The van der Waals surface area contributed by atoms with E-state index in [9.17, 15) is 27.6 Å². The Morgan fingerprint density at radius 2 is 1.62 bits per heavy atom. The lowest BCUT2D eigenvalue weighted by atomic mass is 10.1. The van der Waals surface area contributed by atoms with Crippen molar-refractivity contribution in [3.8, 4) is 0 Å². The summed E-state index contributed by atoms with van der Waals surface area (Å²) in [7, 11) is 0. The third kappa shape index (κ3) is 7.52. The van der Waals surface area contributed by atoms with Crippen molar-refractivity contribution in [2.75, 3.05) is 17.2 Å². The van der Waals surface area contributed by atoms with Gasteiger partial charge in [0.1, 0.15) is 0 Å². The maximum atomic E-state index is 12.8. The van der Waals surface area contributed by atoms with E-state index in [4.69, 9.17) is 16.3 Å². The fourth-order valence-electron chi connectivity index (χ4n) is 2.55. The number of hydrogen-bond acceptors (Lipinski definition) is 4. The highest BCUT2D eigenvalue weighted by Gasteiger charge is 2.31. The first-order chi connectivity index (χ1) is 14.9. The molecule has 11 heteroatoms. The lowest BCUT2D eigenvalue weighted by molar-refractivity contribution is -0.147. The van der Waals surface area contributed by atoms with Gasteiger partial charge in [-0.15, -0.1) is 0 Å². The lowest BCUT2D eigenvalue weighted by Gasteiger charge is -2.12. The summed E-state index contributed by atoms with van der Waals surface area (Å²) in [6, 6.07) is 6.11. The Morgan fingerprint density at radius 1 is 0.969 bits per heavy atom. The van der Waals surface area contributed by atoms with Gasteiger partial charge in [-0.1, -0.05) is 27.5 Å². The van der Waals surface area contributed by atoms with E-state index < -0.39 is 36.1 Å². The zero-order chi connectivity index (χ0) is 24.1. The molecule has 0 bridgehead atoms. The number of carbonyl (C=O) groups is 3. The zero-order valence-electron chi connectivity index (χ0n) is 17.0. The highest BCUT2D eigenvalue weighted by molar-refractivity contribution is 9.10. The Bertz CT molecular complexity index is 1040. The molecule has 0 spiro atoms. The molecule has 2 aromatic rings. The van der Waals surface area contributed by atoms with Crippen molar-refractivity contribution in [2.45, 2.75) is 32.9 Å². The van der Waals surface area contributed by atoms with Crippen LogP contribution in [-0.4, -0.2) is 24.4 Å². The highest BCUT2D eigenvalue weighted by Crippen LogP contribution is 2.33. The maximum Gasteiger partial charge on any atom is 0.416 e. The third-order valence-corrected chi connectivity index (χ3v) is 5.45. The van der Waals surface area contributed by atoms with Crippen LogP contribution in [-0.2, 0) is 25.3 Å². The molecular weight excluding hydrogens is 517 g/mol. The van der Waals surface area contributed by atoms with Crippen molar-refractivity contribution in [2.24, 2.45) is 0 Å². The third-order valence-electron chi connectivity index (χ3n) is 4.27. The molecule has 0 aliphatic heterocycles. The second kappa shape index (κ2) is 10.8. The van der Waals surface area contributed by atoms with Crippen molar-refractivity contribution >= 4 is 56.7 Å². The summed E-state index contributed by atoms with van der Waals surface area (Å²) in [5, 5.41) is 4.78. The molecule has 172 valence electrons. The molecule has 32 heavy (non-hydrogen) atoms. The quantitative estimate of drug-likeness (QED) is 0.450. The molecule has 2 N–H and O–H groups in total. The Labute approximate surface area is 195 Å². The van der Waals surface area contributed by atoms with E-state index in [0.717, 1.165) is 27.7 Å². The Morgan fingerprint density at radius 3 is 2.28 bits per heavy atom. The molecule has 0 aromatic heterocycles. The summed E-state index contributed by atoms with van der Waals surface area (Å²) in [6.07, 6.45) is -5.33. The average molecular weight is 536 g/mol. The van der Waals surface area contributed by atoms with Gasteiger partial charge in [-0.25, -0.2) is 0 Å². The predicted octanol–water partition coefficient (Wildman–Crippen LogP) is 5.64. The topological polar surface area (TPSA) is 84.5 Å². The first-order valence-corrected chi connectivity index (χ1v) is 10.4. The van der Waals surface area contributed by atoms with Crippen LogP contribution in [0.25, 0.3) is 0 Å². The molecular formula is C21H19BrClF3N2O4. The van der Waals surface area contributed by atoms with Gasteiger partial charge in [0, 0.05) is 16.6 Å². The van der Waals surface area contributed by atoms with Gasteiger partial charge in [0.25, 0.3) is 5.91 Å². The van der Waals surface area contributed by atoms with E-state index in [1.54, 1.807) is 13.0 Å². The Hall–Kier alpha value is -2.59. The minimum absolute atomic E-state index is 0.0796. The molecule has 0 unspecified atom stereocenters. The molecule has 6 nitrogen and oxygen atoms in total. The minimum atomic E-state index is -4.60. The number of anilines is 2. The number of rotatable bonds is 7. The summed E-state index contributed by atoms with van der Waals surface area (Å²) < 4.78 is 44.1. The molecule has 0 heterocycles. The number of esters is 1. The summed E-state index contributed by atoms with van der Waals surface area (Å²) >= 11 is 9.20. The van der Waals surface area contributed by atoms with Crippen molar-refractivity contribution in [3.05, 3.63) is 56.5 Å². The van der Waals surface area contributed by atoms with Crippen LogP contribution in [0.4, 0.5) is 24.5 Å². The van der Waals surface area contributed by atoms with E-state index in [1.165, 1.54) is 0 Å². The first-order valence-electron chi connectivity index (χ1n) is 9.25. The Kier molecular flexibility index (Phi) is 8.68. The first kappa shape index (κ1) is 25.7. The minimum Gasteiger partial charge on any atom is -0.456 e. The normalized spacial score (nSPS) is 11.1. The van der Waals surface area contributed by atoms with Gasteiger partial charge in [-0.05, 0) is 55.3 Å². The van der Waals surface area contributed by atoms with Crippen molar-refractivity contribution < 1.29 is 32.3 Å². The average Bonchev–Trinajstić information content (AvgIpc) is 2.69. The van der Waals surface area contributed by atoms with E-state index in [2.05, 4.69) is 26.6 Å². The number of halogens is 5. The maximum absolute atomic E-state index is 12.8. The fourth-order valence-corrected chi connectivity index (χ4v) is 3.17. The van der Waals surface area contributed by atoms with Gasteiger partial charge >= 0.3 is 12.1 Å². The zero-order valence-corrected chi connectivity index (χ0v) is 19.4. The molecule has 0 atom stereocenters. The number of benzene rings is 2. The Balaban J connectivity index is 1.81. The molecule has 2 amide bonds. The summed E-state index contributed by atoms with van der Waals surface area (Å²) in [6.45, 7) is 3.12. The number of ether oxygens (including phenoxy) is 1. The van der Waals surface area contributed by atoms with Gasteiger partial charge in [0.05, 0.1) is 22.7 Å². The van der Waals surface area contributed by atoms with Crippen LogP contribution in [0.2, 0.25) is 5.02 Å². The standard InChI is InChI=1S/C21H19BrClF3N2O4/c1-11-8-16(12(2)7-14(11)22)27-19(30)10-32-20(31)6-5-18(29)28-17-9-13(21(24,25)26)3-4-15(17)23/h3-4,7-9H,5-6,10H2,1-2H3,(H,27,30)(H,28,29). The van der Waals surface area contributed by atoms with E-state index >= 15 is 0 Å². The van der Waals surface area contributed by atoms with Gasteiger partial charge in [0.2, 0.25) is 5.91 Å². The highest BCUT2D eigenvalue weighted by atomic mass is 79.9. The lowest BCUT2D eigenvalue weighted by Crippen LogP contribution is -2.22. The number of amides is 2. The number of nitrogens with one attached hydrogen (secondary N) is 2. The summed E-state index contributed by atoms with van der Waals surface area (Å²) in [5.41, 5.74) is 1.10. The van der Waals surface area contributed by atoms with Crippen LogP contribution >= 0.6 is 27.5 Å². The molecule has 0 aliphatic carbocycles. The molecule has 0 aliphatic rings. The molecule has 0 saturated carbocycles.